The molecule has 0 saturated carbocycles. The van der Waals surface area contributed by atoms with Gasteiger partial charge >= 0.3 is 0 Å². The van der Waals surface area contributed by atoms with Crippen LogP contribution >= 0.6 is 22.6 Å². The third kappa shape index (κ3) is 3.20. The van der Waals surface area contributed by atoms with E-state index in [9.17, 15) is 0 Å². The summed E-state index contributed by atoms with van der Waals surface area (Å²) in [6.45, 7) is 14.7. The summed E-state index contributed by atoms with van der Waals surface area (Å²) in [5.74, 6) is 0. The molecule has 9 heavy (non-hydrogen) atoms. The van der Waals surface area contributed by atoms with Gasteiger partial charge in [-0.15, -0.1) is 0 Å². The van der Waals surface area contributed by atoms with Crippen LogP contribution in [0.3, 0.4) is 0 Å². The number of allylic oxidation sites excluding steroid dienone is 2. The van der Waals surface area contributed by atoms with Crippen LogP contribution in [0.25, 0.3) is 0 Å². The lowest BCUT2D eigenvalue weighted by Crippen LogP contribution is -2.22. The van der Waals surface area contributed by atoms with Crippen LogP contribution in [0.4, 0.5) is 0 Å². The Morgan fingerprint density at radius 1 is 1.22 bits per heavy atom. The Morgan fingerprint density at radius 2 is 1.56 bits per heavy atom. The molecule has 0 spiro atoms. The SMILES string of the molecule is C=C(I)C(=C)[Si](C)(C)C. The molecule has 0 fully saturated rings. The van der Waals surface area contributed by atoms with Gasteiger partial charge in [-0.1, -0.05) is 38.0 Å². The molecule has 0 rings (SSSR count). The fourth-order valence-electron chi connectivity index (χ4n) is 0.407. The minimum atomic E-state index is -1.13. The molecule has 0 aliphatic rings. The van der Waals surface area contributed by atoms with Gasteiger partial charge in [-0.2, -0.15) is 0 Å². The first kappa shape index (κ1) is 9.43. The van der Waals surface area contributed by atoms with Crippen molar-refractivity contribution in [1.29, 1.82) is 0 Å². The predicted molar refractivity (Wildman–Crippen MR) is 55.6 cm³/mol. The predicted octanol–water partition coefficient (Wildman–Crippen LogP) is 3.37. The van der Waals surface area contributed by atoms with E-state index in [1.807, 2.05) is 0 Å². The summed E-state index contributed by atoms with van der Waals surface area (Å²) >= 11 is 2.23. The molecule has 0 amide bonds. The van der Waals surface area contributed by atoms with Gasteiger partial charge in [0.05, 0.1) is 8.07 Å². The van der Waals surface area contributed by atoms with Gasteiger partial charge in [-0.25, -0.2) is 0 Å². The van der Waals surface area contributed by atoms with Crippen LogP contribution in [-0.4, -0.2) is 8.07 Å². The second kappa shape index (κ2) is 3.01. The second-order valence-corrected chi connectivity index (χ2v) is 9.54. The normalized spacial score (nSPS) is 11.1. The Labute approximate surface area is 72.2 Å². The highest BCUT2D eigenvalue weighted by Gasteiger charge is 2.17. The number of halogens is 1. The molecule has 0 unspecified atom stereocenters. The zero-order chi connectivity index (χ0) is 7.65. The van der Waals surface area contributed by atoms with Crippen molar-refractivity contribution >= 4 is 30.7 Å². The van der Waals surface area contributed by atoms with Crippen molar-refractivity contribution in [3.63, 3.8) is 0 Å². The molecule has 52 valence electrons. The summed E-state index contributed by atoms with van der Waals surface area (Å²) in [5, 5.41) is 1.27. The molecule has 0 aromatic rings. The molecule has 0 aromatic heterocycles. The Bertz CT molecular complexity index is 141. The minimum Gasteiger partial charge on any atom is -0.0988 e. The van der Waals surface area contributed by atoms with Gasteiger partial charge in [-0.05, 0) is 22.6 Å². The zero-order valence-corrected chi connectivity index (χ0v) is 9.45. The summed E-state index contributed by atoms with van der Waals surface area (Å²) in [5.41, 5.74) is 0. The van der Waals surface area contributed by atoms with E-state index >= 15 is 0 Å². The second-order valence-electron chi connectivity index (χ2n) is 3.13. The molecule has 0 aliphatic carbocycles. The van der Waals surface area contributed by atoms with Gasteiger partial charge in [0.2, 0.25) is 0 Å². The molecule has 0 nitrogen and oxygen atoms in total. The molecule has 0 atom stereocenters. The van der Waals surface area contributed by atoms with Crippen LogP contribution in [0.2, 0.25) is 19.6 Å². The van der Waals surface area contributed by atoms with Gasteiger partial charge in [0.25, 0.3) is 0 Å². The lowest BCUT2D eigenvalue weighted by Gasteiger charge is -2.17. The monoisotopic (exact) mass is 252 g/mol. The Kier molecular flexibility index (Phi) is 3.15. The maximum atomic E-state index is 3.98. The average Bonchev–Trinajstić information content (AvgIpc) is 1.62. The minimum absolute atomic E-state index is 1.12. The van der Waals surface area contributed by atoms with E-state index in [1.165, 1.54) is 5.20 Å². The first-order valence-corrected chi connectivity index (χ1v) is 7.47. The van der Waals surface area contributed by atoms with E-state index < -0.39 is 8.07 Å². The van der Waals surface area contributed by atoms with Gasteiger partial charge in [0, 0.05) is 3.58 Å². The lowest BCUT2D eigenvalue weighted by atomic mass is 10.6. The van der Waals surface area contributed by atoms with E-state index in [-0.39, 0.29) is 0 Å². The first-order chi connectivity index (χ1) is 3.85. The van der Waals surface area contributed by atoms with Crippen molar-refractivity contribution in [3.8, 4) is 0 Å². The van der Waals surface area contributed by atoms with Crippen molar-refractivity contribution in [2.75, 3.05) is 0 Å². The van der Waals surface area contributed by atoms with E-state index in [0.29, 0.717) is 0 Å². The summed E-state index contributed by atoms with van der Waals surface area (Å²) in [6.07, 6.45) is 0. The van der Waals surface area contributed by atoms with Gasteiger partial charge in [0.15, 0.2) is 0 Å². The van der Waals surface area contributed by atoms with Crippen LogP contribution in [0, 0.1) is 0 Å². The van der Waals surface area contributed by atoms with Crippen molar-refractivity contribution in [3.05, 3.63) is 21.9 Å². The van der Waals surface area contributed by atoms with E-state index in [4.69, 9.17) is 0 Å². The third-order valence-corrected chi connectivity index (χ3v) is 4.51. The van der Waals surface area contributed by atoms with Gasteiger partial charge < -0.3 is 0 Å². The molecule has 0 aromatic carbocycles. The molecule has 0 saturated heterocycles. The molecule has 0 radical (unpaired) electrons. The fourth-order valence-corrected chi connectivity index (χ4v) is 3.65. The quantitative estimate of drug-likeness (QED) is 0.401. The molecular weight excluding hydrogens is 239 g/mol. The molecule has 0 aliphatic heterocycles. The van der Waals surface area contributed by atoms with Crippen LogP contribution in [0.5, 0.6) is 0 Å². The van der Waals surface area contributed by atoms with Crippen molar-refractivity contribution < 1.29 is 0 Å². The Balaban J connectivity index is 4.23. The highest BCUT2D eigenvalue weighted by Crippen LogP contribution is 2.23. The van der Waals surface area contributed by atoms with E-state index in [0.717, 1.165) is 3.58 Å². The molecule has 2 heteroatoms. The zero-order valence-electron chi connectivity index (χ0n) is 6.29. The van der Waals surface area contributed by atoms with Crippen LogP contribution in [-0.2, 0) is 0 Å². The van der Waals surface area contributed by atoms with E-state index in [2.05, 4.69) is 55.4 Å². The molecule has 0 heterocycles. The van der Waals surface area contributed by atoms with E-state index in [1.54, 1.807) is 0 Å². The first-order valence-electron chi connectivity index (χ1n) is 2.90. The maximum Gasteiger partial charge on any atom is 0.0781 e. The van der Waals surface area contributed by atoms with Crippen LogP contribution < -0.4 is 0 Å². The summed E-state index contributed by atoms with van der Waals surface area (Å²) in [6, 6.07) is 0. The van der Waals surface area contributed by atoms with Crippen molar-refractivity contribution in [2.24, 2.45) is 0 Å². The molecule has 0 N–H and O–H groups in total. The van der Waals surface area contributed by atoms with Crippen LogP contribution in [0.15, 0.2) is 21.9 Å². The number of hydrogen-bond donors (Lipinski definition) is 0. The highest BCUT2D eigenvalue weighted by molar-refractivity contribution is 14.1. The average molecular weight is 252 g/mol. The largest absolute Gasteiger partial charge is 0.0988 e. The third-order valence-electron chi connectivity index (χ3n) is 1.23. The summed E-state index contributed by atoms with van der Waals surface area (Å²) < 4.78 is 1.12. The summed E-state index contributed by atoms with van der Waals surface area (Å²) in [7, 11) is -1.13. The number of rotatable bonds is 2. The van der Waals surface area contributed by atoms with Gasteiger partial charge in [-0.3, -0.25) is 0 Å². The van der Waals surface area contributed by atoms with Crippen molar-refractivity contribution in [2.45, 2.75) is 19.6 Å². The lowest BCUT2D eigenvalue weighted by molar-refractivity contribution is 1.68. The van der Waals surface area contributed by atoms with Crippen LogP contribution in [0.1, 0.15) is 0 Å². The van der Waals surface area contributed by atoms with Crippen molar-refractivity contribution in [1.82, 2.24) is 0 Å². The Morgan fingerprint density at radius 3 is 1.56 bits per heavy atom. The summed E-state index contributed by atoms with van der Waals surface area (Å²) in [4.78, 5) is 0. The molecular formula is C7H13ISi. The number of hydrogen-bond acceptors (Lipinski definition) is 0. The molecule has 0 bridgehead atoms. The highest BCUT2D eigenvalue weighted by atomic mass is 127. The fraction of sp³-hybridized carbons (Fsp3) is 0.429. The smallest absolute Gasteiger partial charge is 0.0781 e. The topological polar surface area (TPSA) is 0 Å². The Hall–Kier alpha value is 0.427. The van der Waals surface area contributed by atoms with Gasteiger partial charge in [0.1, 0.15) is 0 Å². The maximum absolute atomic E-state index is 3.98. The standard InChI is InChI=1S/C7H13ISi/c1-6(8)7(2)9(3,4)5/h1-2H2,3-5H3.